The first-order chi connectivity index (χ1) is 7.86. The molecule has 1 N–H and O–H groups in total. The van der Waals surface area contributed by atoms with E-state index in [1.807, 2.05) is 0 Å². The number of rotatable bonds is 10. The third-order valence-electron chi connectivity index (χ3n) is 3.72. The lowest BCUT2D eigenvalue weighted by Crippen LogP contribution is -2.28. The molecular weight excluding hydrogens is 198 g/mol. The van der Waals surface area contributed by atoms with Gasteiger partial charge in [0.1, 0.15) is 0 Å². The van der Waals surface area contributed by atoms with Crippen molar-refractivity contribution >= 4 is 0 Å². The summed E-state index contributed by atoms with van der Waals surface area (Å²) in [5.41, 5.74) is 0. The van der Waals surface area contributed by atoms with Gasteiger partial charge < -0.3 is 10.1 Å². The van der Waals surface area contributed by atoms with Crippen LogP contribution in [0.3, 0.4) is 0 Å². The molecule has 1 saturated carbocycles. The van der Waals surface area contributed by atoms with Gasteiger partial charge in [-0.15, -0.1) is 0 Å². The largest absolute Gasteiger partial charge is 0.381 e. The molecule has 1 rings (SSSR count). The maximum absolute atomic E-state index is 5.69. The molecule has 1 unspecified atom stereocenters. The van der Waals surface area contributed by atoms with Gasteiger partial charge in [-0.2, -0.15) is 0 Å². The molecule has 16 heavy (non-hydrogen) atoms. The highest BCUT2D eigenvalue weighted by molar-refractivity contribution is 4.68. The molecule has 0 amide bonds. The summed E-state index contributed by atoms with van der Waals surface area (Å²) in [6.45, 7) is 7.46. The van der Waals surface area contributed by atoms with Crippen molar-refractivity contribution in [3.63, 3.8) is 0 Å². The van der Waals surface area contributed by atoms with Gasteiger partial charge in [0.25, 0.3) is 0 Å². The van der Waals surface area contributed by atoms with Crippen LogP contribution in [0.25, 0.3) is 0 Å². The van der Waals surface area contributed by atoms with Crippen LogP contribution in [-0.4, -0.2) is 25.8 Å². The summed E-state index contributed by atoms with van der Waals surface area (Å²) < 4.78 is 5.69. The van der Waals surface area contributed by atoms with Crippen molar-refractivity contribution in [2.45, 2.75) is 64.8 Å². The Balaban J connectivity index is 1.82. The number of nitrogens with one attached hydrogen (secondary N) is 1. The van der Waals surface area contributed by atoms with Crippen LogP contribution in [-0.2, 0) is 4.74 Å². The van der Waals surface area contributed by atoms with Crippen LogP contribution in [0.4, 0.5) is 0 Å². The maximum Gasteiger partial charge on any atom is 0.0468 e. The van der Waals surface area contributed by atoms with E-state index in [-0.39, 0.29) is 0 Å². The van der Waals surface area contributed by atoms with E-state index < -0.39 is 0 Å². The summed E-state index contributed by atoms with van der Waals surface area (Å²) in [5, 5.41) is 3.50. The zero-order valence-corrected chi connectivity index (χ0v) is 11.1. The summed E-state index contributed by atoms with van der Waals surface area (Å²) in [6.07, 6.45) is 9.33. The van der Waals surface area contributed by atoms with Gasteiger partial charge >= 0.3 is 0 Å². The lowest BCUT2D eigenvalue weighted by atomic mass is 9.83. The second-order valence-electron chi connectivity index (χ2n) is 5.00. The molecule has 0 aromatic carbocycles. The monoisotopic (exact) mass is 227 g/mol. The highest BCUT2D eigenvalue weighted by Gasteiger charge is 2.16. The summed E-state index contributed by atoms with van der Waals surface area (Å²) in [7, 11) is 0. The molecule has 2 nitrogen and oxygen atoms in total. The summed E-state index contributed by atoms with van der Waals surface area (Å²) in [4.78, 5) is 0. The van der Waals surface area contributed by atoms with Crippen molar-refractivity contribution in [2.75, 3.05) is 19.8 Å². The molecule has 1 atom stereocenters. The predicted octanol–water partition coefficient (Wildman–Crippen LogP) is 3.36. The molecule has 0 spiro atoms. The van der Waals surface area contributed by atoms with Gasteiger partial charge in [-0.3, -0.25) is 0 Å². The van der Waals surface area contributed by atoms with E-state index in [0.29, 0.717) is 6.04 Å². The average molecular weight is 227 g/mol. The van der Waals surface area contributed by atoms with Gasteiger partial charge in [0.05, 0.1) is 0 Å². The zero-order valence-electron chi connectivity index (χ0n) is 11.1. The fourth-order valence-corrected chi connectivity index (χ4v) is 2.30. The Labute approximate surface area is 101 Å². The van der Waals surface area contributed by atoms with E-state index in [9.17, 15) is 0 Å². The molecule has 1 aliphatic carbocycles. The molecule has 0 heterocycles. The van der Waals surface area contributed by atoms with Crippen LogP contribution >= 0.6 is 0 Å². The Bertz CT molecular complexity index is 157. The van der Waals surface area contributed by atoms with Crippen molar-refractivity contribution in [1.82, 2.24) is 5.32 Å². The van der Waals surface area contributed by atoms with Crippen LogP contribution in [0.1, 0.15) is 58.8 Å². The second kappa shape index (κ2) is 9.00. The molecule has 0 aliphatic heterocycles. The fourth-order valence-electron chi connectivity index (χ4n) is 2.30. The Morgan fingerprint density at radius 2 is 2.06 bits per heavy atom. The van der Waals surface area contributed by atoms with E-state index in [0.717, 1.165) is 25.7 Å². The normalized spacial score (nSPS) is 18.4. The molecule has 2 heteroatoms. The van der Waals surface area contributed by atoms with Gasteiger partial charge in [-0.25, -0.2) is 0 Å². The number of hydrogen-bond donors (Lipinski definition) is 1. The maximum atomic E-state index is 5.69. The molecule has 96 valence electrons. The first-order valence-electron chi connectivity index (χ1n) is 7.18. The zero-order chi connectivity index (χ0) is 11.6. The van der Waals surface area contributed by atoms with Crippen molar-refractivity contribution in [1.29, 1.82) is 0 Å². The lowest BCUT2D eigenvalue weighted by molar-refractivity contribution is 0.102. The molecular formula is C14H29NO. The minimum Gasteiger partial charge on any atom is -0.381 e. The second-order valence-corrected chi connectivity index (χ2v) is 5.00. The van der Waals surface area contributed by atoms with Crippen LogP contribution < -0.4 is 5.32 Å². The standard InChI is InChI=1S/C14H29NO/c1-3-14(15-4-2)9-6-11-16-12-10-13-7-5-8-13/h13-15H,3-12H2,1-2H3. The molecule has 0 saturated heterocycles. The third-order valence-corrected chi connectivity index (χ3v) is 3.72. The smallest absolute Gasteiger partial charge is 0.0468 e. The minimum atomic E-state index is 0.695. The van der Waals surface area contributed by atoms with Crippen LogP contribution in [0.5, 0.6) is 0 Å². The van der Waals surface area contributed by atoms with Gasteiger partial charge in [0.15, 0.2) is 0 Å². The van der Waals surface area contributed by atoms with Gasteiger partial charge in [-0.05, 0) is 38.1 Å². The van der Waals surface area contributed by atoms with Crippen LogP contribution in [0.15, 0.2) is 0 Å². The summed E-state index contributed by atoms with van der Waals surface area (Å²) >= 11 is 0. The van der Waals surface area contributed by atoms with Gasteiger partial charge in [-0.1, -0.05) is 33.1 Å². The van der Waals surface area contributed by atoms with Crippen LogP contribution in [0, 0.1) is 5.92 Å². The minimum absolute atomic E-state index is 0.695. The number of ether oxygens (including phenoxy) is 1. The summed E-state index contributed by atoms with van der Waals surface area (Å²) in [6, 6.07) is 0.695. The Morgan fingerprint density at radius 3 is 2.62 bits per heavy atom. The quantitative estimate of drug-likeness (QED) is 0.578. The topological polar surface area (TPSA) is 21.3 Å². The Morgan fingerprint density at radius 1 is 1.25 bits per heavy atom. The Hall–Kier alpha value is -0.0800. The average Bonchev–Trinajstić information content (AvgIpc) is 2.24. The molecule has 1 aliphatic rings. The van der Waals surface area contributed by atoms with Gasteiger partial charge in [0, 0.05) is 19.3 Å². The van der Waals surface area contributed by atoms with E-state index in [2.05, 4.69) is 19.2 Å². The predicted molar refractivity (Wildman–Crippen MR) is 69.8 cm³/mol. The summed E-state index contributed by atoms with van der Waals surface area (Å²) in [5.74, 6) is 0.991. The van der Waals surface area contributed by atoms with Crippen molar-refractivity contribution in [2.24, 2.45) is 5.92 Å². The van der Waals surface area contributed by atoms with E-state index in [1.165, 1.54) is 44.9 Å². The van der Waals surface area contributed by atoms with E-state index in [4.69, 9.17) is 4.74 Å². The highest BCUT2D eigenvalue weighted by Crippen LogP contribution is 2.29. The molecule has 0 bridgehead atoms. The number of hydrogen-bond acceptors (Lipinski definition) is 2. The molecule has 0 aromatic rings. The van der Waals surface area contributed by atoms with Crippen molar-refractivity contribution < 1.29 is 4.74 Å². The van der Waals surface area contributed by atoms with Gasteiger partial charge in [0.2, 0.25) is 0 Å². The van der Waals surface area contributed by atoms with Crippen molar-refractivity contribution in [3.8, 4) is 0 Å². The van der Waals surface area contributed by atoms with Crippen molar-refractivity contribution in [3.05, 3.63) is 0 Å². The van der Waals surface area contributed by atoms with E-state index in [1.54, 1.807) is 0 Å². The van der Waals surface area contributed by atoms with E-state index >= 15 is 0 Å². The molecule has 0 aromatic heterocycles. The SMILES string of the molecule is CCNC(CC)CCCOCCC1CCC1. The lowest BCUT2D eigenvalue weighted by Gasteiger charge is -2.24. The molecule has 0 radical (unpaired) electrons. The molecule has 1 fully saturated rings. The first-order valence-corrected chi connectivity index (χ1v) is 7.18. The highest BCUT2D eigenvalue weighted by atomic mass is 16.5. The fraction of sp³-hybridized carbons (Fsp3) is 1.00. The third kappa shape index (κ3) is 5.86. The Kier molecular flexibility index (Phi) is 7.87. The van der Waals surface area contributed by atoms with Crippen LogP contribution in [0.2, 0.25) is 0 Å². The first kappa shape index (κ1) is 14.0.